The molecule has 0 unspecified atom stereocenters. The largest absolute Gasteiger partial charge is 0.497 e. The predicted molar refractivity (Wildman–Crippen MR) is 94.6 cm³/mol. The predicted octanol–water partition coefficient (Wildman–Crippen LogP) is 1.43. The molecule has 0 spiro atoms. The number of rotatable bonds is 7. The summed E-state index contributed by atoms with van der Waals surface area (Å²) in [7, 11) is 3.18. The lowest BCUT2D eigenvalue weighted by molar-refractivity contribution is -0.137. The highest BCUT2D eigenvalue weighted by atomic mass is 16.5. The lowest BCUT2D eigenvalue weighted by Gasteiger charge is -2.32. The number of hydrogen-bond donors (Lipinski definition) is 0. The highest BCUT2D eigenvalue weighted by Gasteiger charge is 2.27. The first-order chi connectivity index (χ1) is 12.6. The van der Waals surface area contributed by atoms with E-state index in [9.17, 15) is 9.59 Å². The van der Waals surface area contributed by atoms with Gasteiger partial charge in [0.1, 0.15) is 12.4 Å². The zero-order valence-corrected chi connectivity index (χ0v) is 15.1. The number of methoxy groups -OCH3 is 2. The van der Waals surface area contributed by atoms with Gasteiger partial charge in [0.15, 0.2) is 5.58 Å². The second-order valence-corrected chi connectivity index (χ2v) is 6.23. The van der Waals surface area contributed by atoms with E-state index in [0.29, 0.717) is 50.5 Å². The summed E-state index contributed by atoms with van der Waals surface area (Å²) in [5.74, 6) is 0.263. The molecule has 1 aromatic carbocycles. The van der Waals surface area contributed by atoms with E-state index in [1.165, 1.54) is 0 Å². The minimum atomic E-state index is -0.374. The van der Waals surface area contributed by atoms with Crippen LogP contribution >= 0.6 is 0 Å². The first-order valence-corrected chi connectivity index (χ1v) is 8.67. The lowest BCUT2D eigenvalue weighted by atomic mass is 10.0. The van der Waals surface area contributed by atoms with E-state index in [-0.39, 0.29) is 24.3 Å². The maximum Gasteiger partial charge on any atom is 0.420 e. The van der Waals surface area contributed by atoms with Gasteiger partial charge in [-0.15, -0.1) is 0 Å². The minimum Gasteiger partial charge on any atom is -0.497 e. The monoisotopic (exact) mass is 364 g/mol. The second-order valence-electron chi connectivity index (χ2n) is 6.23. The zero-order valence-electron chi connectivity index (χ0n) is 15.1. The van der Waals surface area contributed by atoms with Crippen LogP contribution in [0.5, 0.6) is 5.75 Å². The molecule has 1 saturated heterocycles. The van der Waals surface area contributed by atoms with Crippen molar-refractivity contribution in [3.63, 3.8) is 0 Å². The van der Waals surface area contributed by atoms with E-state index < -0.39 is 0 Å². The fourth-order valence-corrected chi connectivity index (χ4v) is 3.25. The van der Waals surface area contributed by atoms with Crippen LogP contribution < -0.4 is 10.5 Å². The van der Waals surface area contributed by atoms with E-state index in [0.717, 1.165) is 5.52 Å². The number of aromatic nitrogens is 1. The summed E-state index contributed by atoms with van der Waals surface area (Å²) in [6, 6.07) is 5.30. The number of oxazole rings is 1. The van der Waals surface area contributed by atoms with Gasteiger partial charge in [0.05, 0.1) is 25.8 Å². The van der Waals surface area contributed by atoms with Crippen LogP contribution in [-0.4, -0.2) is 62.5 Å². The van der Waals surface area contributed by atoms with Crippen molar-refractivity contribution in [1.82, 2.24) is 9.47 Å². The maximum atomic E-state index is 12.3. The normalized spacial score (nSPS) is 15.5. The number of nitrogens with zero attached hydrogens (tertiary/aromatic N) is 2. The molecule has 1 aliphatic rings. The van der Waals surface area contributed by atoms with Gasteiger partial charge < -0.3 is 23.5 Å². The quantitative estimate of drug-likeness (QED) is 0.691. The molecule has 0 radical (unpaired) electrons. The van der Waals surface area contributed by atoms with Gasteiger partial charge in [0.25, 0.3) is 0 Å². The summed E-state index contributed by atoms with van der Waals surface area (Å²) in [6.07, 6.45) is 1.38. The number of likely N-dealkylation sites (tertiary alicyclic amines) is 1. The molecule has 0 bridgehead atoms. The average molecular weight is 364 g/mol. The molecular weight excluding hydrogens is 340 g/mol. The molecule has 0 saturated carbocycles. The molecule has 1 aromatic heterocycles. The molecule has 142 valence electrons. The van der Waals surface area contributed by atoms with Crippen molar-refractivity contribution in [2.45, 2.75) is 18.9 Å². The SMILES string of the molecule is COCCOCC(=O)N1CCC(n2c(=O)oc3ccc(OC)cc32)CC1. The fourth-order valence-electron chi connectivity index (χ4n) is 3.25. The first-order valence-electron chi connectivity index (χ1n) is 8.67. The molecule has 2 heterocycles. The standard InChI is InChI=1S/C18H24N2O6/c1-23-9-10-25-12-17(21)19-7-5-13(6-8-19)20-15-11-14(24-2)3-4-16(15)26-18(20)22/h3-4,11,13H,5-10,12H2,1-2H3. The number of benzene rings is 1. The lowest BCUT2D eigenvalue weighted by Crippen LogP contribution is -2.42. The second kappa shape index (κ2) is 8.37. The van der Waals surface area contributed by atoms with Crippen molar-refractivity contribution in [3.05, 3.63) is 28.7 Å². The number of carbonyl (C=O) groups excluding carboxylic acids is 1. The minimum absolute atomic E-state index is 0.00526. The van der Waals surface area contributed by atoms with Gasteiger partial charge in [-0.05, 0) is 25.0 Å². The molecule has 1 amide bonds. The number of piperidine rings is 1. The topological polar surface area (TPSA) is 83.1 Å². The van der Waals surface area contributed by atoms with Crippen LogP contribution in [0.2, 0.25) is 0 Å². The number of carbonyl (C=O) groups is 1. The van der Waals surface area contributed by atoms with Gasteiger partial charge in [0.2, 0.25) is 5.91 Å². The Morgan fingerprint density at radius 1 is 1.23 bits per heavy atom. The molecule has 8 nitrogen and oxygen atoms in total. The van der Waals surface area contributed by atoms with Crippen molar-refractivity contribution in [1.29, 1.82) is 0 Å². The Morgan fingerprint density at radius 3 is 2.69 bits per heavy atom. The Bertz CT molecular complexity index is 804. The van der Waals surface area contributed by atoms with Crippen molar-refractivity contribution in [3.8, 4) is 5.75 Å². The molecule has 0 aliphatic carbocycles. The Morgan fingerprint density at radius 2 is 2.00 bits per heavy atom. The zero-order chi connectivity index (χ0) is 18.5. The summed E-state index contributed by atoms with van der Waals surface area (Å²) >= 11 is 0. The van der Waals surface area contributed by atoms with Gasteiger partial charge in [-0.25, -0.2) is 4.79 Å². The number of fused-ring (bicyclic) bond motifs is 1. The third-order valence-corrected chi connectivity index (χ3v) is 4.66. The summed E-state index contributed by atoms with van der Waals surface area (Å²) in [5.41, 5.74) is 1.27. The van der Waals surface area contributed by atoms with Crippen LogP contribution in [0.3, 0.4) is 0 Å². The molecule has 2 aromatic rings. The number of hydrogen-bond acceptors (Lipinski definition) is 6. The van der Waals surface area contributed by atoms with Crippen molar-refractivity contribution < 1.29 is 23.4 Å². The number of ether oxygens (including phenoxy) is 3. The average Bonchev–Trinajstić information content (AvgIpc) is 3.00. The van der Waals surface area contributed by atoms with Gasteiger partial charge >= 0.3 is 5.76 Å². The summed E-state index contributed by atoms with van der Waals surface area (Å²) in [6.45, 7) is 2.09. The highest BCUT2D eigenvalue weighted by molar-refractivity contribution is 5.77. The molecule has 1 aliphatic heterocycles. The molecule has 26 heavy (non-hydrogen) atoms. The summed E-state index contributed by atoms with van der Waals surface area (Å²) in [4.78, 5) is 26.2. The van der Waals surface area contributed by atoms with E-state index in [4.69, 9.17) is 18.6 Å². The highest BCUT2D eigenvalue weighted by Crippen LogP contribution is 2.27. The fraction of sp³-hybridized carbons (Fsp3) is 0.556. The van der Waals surface area contributed by atoms with Crippen molar-refractivity contribution in [2.75, 3.05) is 47.1 Å². The van der Waals surface area contributed by atoms with Gasteiger partial charge in [0, 0.05) is 32.3 Å². The van der Waals surface area contributed by atoms with Gasteiger partial charge in [-0.3, -0.25) is 9.36 Å². The number of amides is 1. The van der Waals surface area contributed by atoms with E-state index in [2.05, 4.69) is 0 Å². The molecule has 0 N–H and O–H groups in total. The third-order valence-electron chi connectivity index (χ3n) is 4.66. The summed E-state index contributed by atoms with van der Waals surface area (Å²) < 4.78 is 22.4. The third kappa shape index (κ3) is 3.91. The smallest absolute Gasteiger partial charge is 0.420 e. The van der Waals surface area contributed by atoms with Gasteiger partial charge in [-0.2, -0.15) is 0 Å². The summed E-state index contributed by atoms with van der Waals surface area (Å²) in [5, 5.41) is 0. The molecule has 8 heteroatoms. The van der Waals surface area contributed by atoms with Gasteiger partial charge in [-0.1, -0.05) is 0 Å². The van der Waals surface area contributed by atoms with Crippen LogP contribution in [0.25, 0.3) is 11.1 Å². The first kappa shape index (κ1) is 18.5. The van der Waals surface area contributed by atoms with Crippen LogP contribution in [0.1, 0.15) is 18.9 Å². The van der Waals surface area contributed by atoms with E-state index in [1.54, 1.807) is 41.9 Å². The molecular formula is C18H24N2O6. The Kier molecular flexibility index (Phi) is 5.95. The molecule has 0 atom stereocenters. The Labute approximate surface area is 151 Å². The van der Waals surface area contributed by atoms with Crippen molar-refractivity contribution >= 4 is 17.0 Å². The van der Waals surface area contributed by atoms with E-state index in [1.807, 2.05) is 0 Å². The van der Waals surface area contributed by atoms with E-state index >= 15 is 0 Å². The van der Waals surface area contributed by atoms with Crippen LogP contribution in [0.15, 0.2) is 27.4 Å². The van der Waals surface area contributed by atoms with Crippen molar-refractivity contribution in [2.24, 2.45) is 0 Å². The maximum absolute atomic E-state index is 12.3. The van der Waals surface area contributed by atoms with Crippen LogP contribution in [0, 0.1) is 0 Å². The molecule has 3 rings (SSSR count). The Hall–Kier alpha value is -2.32. The van der Waals surface area contributed by atoms with Crippen LogP contribution in [-0.2, 0) is 14.3 Å². The van der Waals surface area contributed by atoms with Crippen LogP contribution in [0.4, 0.5) is 0 Å². The Balaban J connectivity index is 1.65. The molecule has 1 fully saturated rings.